The maximum Gasteiger partial charge on any atom is 0.302 e. The molecule has 0 radical (unpaired) electrons. The van der Waals surface area contributed by atoms with Crippen LogP contribution in [0.5, 0.6) is 0 Å². The maximum atomic E-state index is 14.1. The summed E-state index contributed by atoms with van der Waals surface area (Å²) in [6, 6.07) is 6.68. The van der Waals surface area contributed by atoms with Crippen LogP contribution < -0.4 is 5.32 Å². The average molecular weight is 491 g/mol. The Kier molecular flexibility index (Phi) is 6.41. The molecule has 0 bridgehead atoms. The molecule has 3 heterocycles. The van der Waals surface area contributed by atoms with E-state index in [0.29, 0.717) is 6.42 Å². The summed E-state index contributed by atoms with van der Waals surface area (Å²) in [4.78, 5) is 47.5. The molecular weight excluding hydrogens is 456 g/mol. The van der Waals surface area contributed by atoms with E-state index in [-0.39, 0.29) is 36.1 Å². The molecule has 4 rings (SSSR count). The third-order valence-corrected chi connectivity index (χ3v) is 7.39. The van der Waals surface area contributed by atoms with Gasteiger partial charge in [-0.15, -0.1) is 0 Å². The number of aromatic nitrogens is 2. The van der Waals surface area contributed by atoms with Crippen molar-refractivity contribution in [2.75, 3.05) is 18.9 Å². The second-order valence-corrected chi connectivity index (χ2v) is 11.3. The van der Waals surface area contributed by atoms with Crippen LogP contribution in [0.1, 0.15) is 57.6 Å². The highest BCUT2D eigenvalue weighted by Gasteiger charge is 2.59. The number of hydrogen-bond acceptors (Lipinski definition) is 4. The molecule has 9 nitrogen and oxygen atoms in total. The van der Waals surface area contributed by atoms with Gasteiger partial charge in [-0.2, -0.15) is 5.10 Å². The number of aryl methyl sites for hydroxylation is 1. The highest BCUT2D eigenvalue weighted by Crippen LogP contribution is 2.47. The first-order valence-electron chi connectivity index (χ1n) is 12.2. The Morgan fingerprint density at radius 3 is 2.64 bits per heavy atom. The van der Waals surface area contributed by atoms with Crippen LogP contribution >= 0.6 is 0 Å². The second kappa shape index (κ2) is 9.08. The fraction of sp³-hybridized carbons (Fsp3) is 0.519. The molecule has 2 aromatic rings. The zero-order valence-electron chi connectivity index (χ0n) is 21.8. The molecule has 1 N–H and O–H groups in total. The van der Waals surface area contributed by atoms with Gasteiger partial charge in [-0.05, 0) is 30.4 Å². The van der Waals surface area contributed by atoms with Crippen molar-refractivity contribution in [1.82, 2.24) is 19.6 Å². The lowest BCUT2D eigenvalue weighted by Crippen LogP contribution is -2.53. The second-order valence-electron chi connectivity index (χ2n) is 11.3. The van der Waals surface area contributed by atoms with Gasteiger partial charge in [-0.1, -0.05) is 39.0 Å². The Morgan fingerprint density at radius 1 is 1.33 bits per heavy atom. The van der Waals surface area contributed by atoms with Crippen molar-refractivity contribution in [2.24, 2.45) is 12.5 Å². The predicted molar refractivity (Wildman–Crippen MR) is 136 cm³/mol. The van der Waals surface area contributed by atoms with Crippen molar-refractivity contribution < 1.29 is 14.4 Å². The third kappa shape index (κ3) is 4.36. The van der Waals surface area contributed by atoms with Crippen molar-refractivity contribution in [1.29, 1.82) is 0 Å². The molecule has 36 heavy (non-hydrogen) atoms. The topological polar surface area (TPSA) is 91.9 Å². The molecule has 0 saturated carbocycles. The number of hydrogen-bond donors (Lipinski definition) is 1. The first kappa shape index (κ1) is 25.4. The van der Waals surface area contributed by atoms with Gasteiger partial charge in [0.1, 0.15) is 11.5 Å². The summed E-state index contributed by atoms with van der Waals surface area (Å²) in [6.07, 6.45) is 3.33. The number of likely N-dealkylation sites (tertiary alicyclic amines) is 1. The van der Waals surface area contributed by atoms with Crippen LogP contribution in [0.2, 0.25) is 0 Å². The number of carbonyl (C=O) groups is 3. The minimum atomic E-state index is -0.959. The van der Waals surface area contributed by atoms with Gasteiger partial charge >= 0.3 is 6.17 Å². The smallest absolute Gasteiger partial charge is 0.302 e. The third-order valence-electron chi connectivity index (χ3n) is 7.39. The zero-order valence-corrected chi connectivity index (χ0v) is 21.8. The molecule has 3 amide bonds. The van der Waals surface area contributed by atoms with Crippen LogP contribution in [0.25, 0.3) is 4.85 Å². The Labute approximate surface area is 212 Å². The van der Waals surface area contributed by atoms with Crippen LogP contribution in [-0.2, 0) is 26.8 Å². The number of anilines is 1. The van der Waals surface area contributed by atoms with Gasteiger partial charge in [-0.3, -0.25) is 28.8 Å². The Bertz CT molecular complexity index is 1240. The maximum absolute atomic E-state index is 14.1. The standard InChI is InChI=1S/C27H34N6O3/c1-17(18-14-29-31(6)15-18)23(34)32(7)21(12-26(2,3)4)24(35)33-16-27(13-22(33)28-5)19-10-8-9-11-20(19)30-25(27)36/h8-11,14-15,17,21-22H,12-13,16H2,1-4,6-7H3,(H,30,36)/t17-,21-,22-,27-/m0/s1. The lowest BCUT2D eigenvalue weighted by molar-refractivity contribution is -0.146. The van der Waals surface area contributed by atoms with E-state index in [1.165, 1.54) is 9.80 Å². The van der Waals surface area contributed by atoms with E-state index < -0.39 is 23.5 Å². The molecule has 0 aliphatic carbocycles. The van der Waals surface area contributed by atoms with E-state index in [1.54, 1.807) is 38.1 Å². The number of carbonyl (C=O) groups excluding carboxylic acids is 3. The number of benzene rings is 1. The van der Waals surface area contributed by atoms with Crippen molar-refractivity contribution in [2.45, 2.75) is 64.1 Å². The zero-order chi connectivity index (χ0) is 26.4. The average Bonchev–Trinajstić information content (AvgIpc) is 3.51. The minimum absolute atomic E-state index is 0.114. The van der Waals surface area contributed by atoms with Crippen LogP contribution in [0.4, 0.5) is 5.69 Å². The number of para-hydroxylation sites is 1. The van der Waals surface area contributed by atoms with Crippen molar-refractivity contribution in [3.05, 3.63) is 59.2 Å². The van der Waals surface area contributed by atoms with Crippen LogP contribution in [0.15, 0.2) is 36.7 Å². The van der Waals surface area contributed by atoms with Gasteiger partial charge in [-0.25, -0.2) is 6.57 Å². The van der Waals surface area contributed by atoms with Crippen molar-refractivity contribution >= 4 is 23.4 Å². The molecule has 1 spiro atoms. The summed E-state index contributed by atoms with van der Waals surface area (Å²) < 4.78 is 1.64. The van der Waals surface area contributed by atoms with E-state index >= 15 is 0 Å². The molecule has 9 heteroatoms. The van der Waals surface area contributed by atoms with E-state index in [2.05, 4.69) is 15.3 Å². The number of fused-ring (bicyclic) bond motifs is 2. The van der Waals surface area contributed by atoms with Gasteiger partial charge in [0.05, 0.1) is 18.5 Å². The van der Waals surface area contributed by atoms with Gasteiger partial charge < -0.3 is 10.2 Å². The number of nitrogens with one attached hydrogen (secondary N) is 1. The quantitative estimate of drug-likeness (QED) is 0.652. The molecule has 0 unspecified atom stereocenters. The summed E-state index contributed by atoms with van der Waals surface area (Å²) in [6.45, 7) is 15.8. The van der Waals surface area contributed by atoms with Crippen LogP contribution in [0, 0.1) is 12.0 Å². The molecule has 1 aromatic heterocycles. The molecule has 1 saturated heterocycles. The normalized spacial score (nSPS) is 22.6. The fourth-order valence-electron chi connectivity index (χ4n) is 5.38. The summed E-state index contributed by atoms with van der Waals surface area (Å²) in [5, 5.41) is 7.09. The van der Waals surface area contributed by atoms with E-state index in [4.69, 9.17) is 6.57 Å². The molecule has 4 atom stereocenters. The SMILES string of the molecule is [C-]#[N+][C@@H]1C[C@@]2(CN1C(=O)[C@H](CC(C)(C)C)N(C)C(=O)[C@@H](C)c1cnn(C)c1)C(=O)Nc1ccccc12. The first-order chi connectivity index (χ1) is 16.9. The lowest BCUT2D eigenvalue weighted by atomic mass is 9.80. The van der Waals surface area contributed by atoms with Crippen molar-refractivity contribution in [3.63, 3.8) is 0 Å². The van der Waals surface area contributed by atoms with E-state index in [9.17, 15) is 14.4 Å². The highest BCUT2D eigenvalue weighted by atomic mass is 16.2. The fourth-order valence-corrected chi connectivity index (χ4v) is 5.38. The van der Waals surface area contributed by atoms with Gasteiger partial charge in [0.15, 0.2) is 0 Å². The molecular formula is C27H34N6O3. The number of rotatable bonds is 5. The highest BCUT2D eigenvalue weighted by molar-refractivity contribution is 6.07. The number of amides is 3. The van der Waals surface area contributed by atoms with E-state index in [1.807, 2.05) is 45.0 Å². The van der Waals surface area contributed by atoms with Gasteiger partial charge in [0.25, 0.3) is 5.91 Å². The first-order valence-corrected chi connectivity index (χ1v) is 12.2. The van der Waals surface area contributed by atoms with Crippen LogP contribution in [-0.4, -0.2) is 63.1 Å². The summed E-state index contributed by atoms with van der Waals surface area (Å²) >= 11 is 0. The summed E-state index contributed by atoms with van der Waals surface area (Å²) in [7, 11) is 3.45. The van der Waals surface area contributed by atoms with Gasteiger partial charge in [0, 0.05) is 38.1 Å². The van der Waals surface area contributed by atoms with Crippen LogP contribution in [0.3, 0.4) is 0 Å². The predicted octanol–water partition coefficient (Wildman–Crippen LogP) is 3.15. The molecule has 1 aromatic carbocycles. The summed E-state index contributed by atoms with van der Waals surface area (Å²) in [5.41, 5.74) is 1.11. The Balaban J connectivity index is 1.65. The Morgan fingerprint density at radius 2 is 2.03 bits per heavy atom. The lowest BCUT2D eigenvalue weighted by Gasteiger charge is -2.36. The number of nitrogens with zero attached hydrogens (tertiary/aromatic N) is 5. The number of likely N-dealkylation sites (N-methyl/N-ethyl adjacent to an activating group) is 1. The van der Waals surface area contributed by atoms with Gasteiger partial charge in [0.2, 0.25) is 11.8 Å². The minimum Gasteiger partial charge on any atom is -0.333 e. The molecule has 2 aliphatic heterocycles. The molecule has 2 aliphatic rings. The largest absolute Gasteiger partial charge is 0.333 e. The summed E-state index contributed by atoms with van der Waals surface area (Å²) in [5.74, 6) is -1.15. The molecule has 190 valence electrons. The van der Waals surface area contributed by atoms with E-state index in [0.717, 1.165) is 16.8 Å². The monoisotopic (exact) mass is 490 g/mol. The molecule has 1 fully saturated rings. The Hall–Kier alpha value is -3.67. The van der Waals surface area contributed by atoms with Crippen molar-refractivity contribution in [3.8, 4) is 0 Å².